The van der Waals surface area contributed by atoms with E-state index in [-0.39, 0.29) is 35.4 Å². The highest BCUT2D eigenvalue weighted by Gasteiger charge is 2.32. The van der Waals surface area contributed by atoms with E-state index in [1.807, 2.05) is 19.1 Å². The lowest BCUT2D eigenvalue weighted by Gasteiger charge is -2.30. The smallest absolute Gasteiger partial charge is 0.419 e. The second-order valence-corrected chi connectivity index (χ2v) is 9.87. The van der Waals surface area contributed by atoms with Crippen LogP contribution in [-0.4, -0.2) is 43.4 Å². The second-order valence-electron chi connectivity index (χ2n) is 7.93. The molecule has 9 nitrogen and oxygen atoms in total. The normalized spacial score (nSPS) is 15.7. The van der Waals surface area contributed by atoms with Gasteiger partial charge in [-0.2, -0.15) is 4.31 Å². The topological polar surface area (TPSA) is 111 Å². The van der Waals surface area contributed by atoms with E-state index < -0.39 is 15.8 Å². The van der Waals surface area contributed by atoms with Crippen molar-refractivity contribution in [2.24, 2.45) is 13.0 Å². The van der Waals surface area contributed by atoms with Crippen LogP contribution in [0.1, 0.15) is 18.4 Å². The van der Waals surface area contributed by atoms with Crippen molar-refractivity contribution >= 4 is 32.7 Å². The van der Waals surface area contributed by atoms with E-state index in [2.05, 4.69) is 5.32 Å². The number of anilines is 1. The summed E-state index contributed by atoms with van der Waals surface area (Å²) in [6.07, 6.45) is 0.809. The molecular weight excluding hydrogens is 434 g/mol. The average Bonchev–Trinajstić information content (AvgIpc) is 3.07. The molecule has 1 saturated heterocycles. The molecule has 32 heavy (non-hydrogen) atoms. The van der Waals surface area contributed by atoms with Crippen LogP contribution in [0.3, 0.4) is 0 Å². The van der Waals surface area contributed by atoms with Gasteiger partial charge in [-0.15, -0.1) is 0 Å². The molecule has 10 heteroatoms. The van der Waals surface area contributed by atoms with Gasteiger partial charge < -0.3 is 14.5 Å². The summed E-state index contributed by atoms with van der Waals surface area (Å²) in [7, 11) is -0.668. The number of ether oxygens (including phenoxy) is 1. The van der Waals surface area contributed by atoms with E-state index in [9.17, 15) is 18.0 Å². The molecule has 2 aromatic carbocycles. The Bertz CT molecular complexity index is 1330. The third kappa shape index (κ3) is 4.03. The molecule has 0 aliphatic carbocycles. The fourth-order valence-electron chi connectivity index (χ4n) is 3.94. The van der Waals surface area contributed by atoms with Crippen molar-refractivity contribution in [3.05, 3.63) is 52.5 Å². The summed E-state index contributed by atoms with van der Waals surface area (Å²) in [5.74, 6) is -0.432. The summed E-state index contributed by atoms with van der Waals surface area (Å²) in [4.78, 5) is 24.5. The van der Waals surface area contributed by atoms with Crippen LogP contribution in [0.5, 0.6) is 5.75 Å². The maximum Gasteiger partial charge on any atom is 0.419 e. The SMILES string of the molecule is COc1ccc(C)cc1NC(=O)C1CCN(S(=O)(=O)c2ccc3c(c2)oc(=O)n3C)CC1. The van der Waals surface area contributed by atoms with Crippen LogP contribution in [0, 0.1) is 12.8 Å². The van der Waals surface area contributed by atoms with Gasteiger partial charge in [-0.3, -0.25) is 9.36 Å². The van der Waals surface area contributed by atoms with Gasteiger partial charge in [-0.25, -0.2) is 13.2 Å². The lowest BCUT2D eigenvalue weighted by atomic mass is 9.97. The summed E-state index contributed by atoms with van der Waals surface area (Å²) in [6, 6.07) is 9.93. The predicted octanol–water partition coefficient (Wildman–Crippen LogP) is 2.49. The number of hydrogen-bond donors (Lipinski definition) is 1. The van der Waals surface area contributed by atoms with Crippen molar-refractivity contribution in [1.82, 2.24) is 8.87 Å². The highest BCUT2D eigenvalue weighted by atomic mass is 32.2. The molecule has 0 bridgehead atoms. The number of carbonyl (C=O) groups excluding carboxylic acids is 1. The standard InChI is InChI=1S/C22H25N3O6S/c1-14-4-7-19(30-3)17(12-14)23-21(26)15-8-10-25(11-9-15)32(28,29)16-5-6-18-20(13-16)31-22(27)24(18)2/h4-7,12-13,15H,8-11H2,1-3H3,(H,23,26). The fourth-order valence-corrected chi connectivity index (χ4v) is 5.42. The van der Waals surface area contributed by atoms with Crippen LogP contribution >= 0.6 is 0 Å². The van der Waals surface area contributed by atoms with E-state index in [0.717, 1.165) is 5.56 Å². The Morgan fingerprint density at radius 1 is 1.16 bits per heavy atom. The molecule has 1 aliphatic rings. The molecule has 1 aromatic heterocycles. The molecule has 0 saturated carbocycles. The Morgan fingerprint density at radius 2 is 1.88 bits per heavy atom. The van der Waals surface area contributed by atoms with E-state index >= 15 is 0 Å². The van der Waals surface area contributed by atoms with E-state index in [1.165, 1.54) is 21.0 Å². The fraction of sp³-hybridized carbons (Fsp3) is 0.364. The molecule has 0 atom stereocenters. The van der Waals surface area contributed by atoms with Gasteiger partial charge in [0, 0.05) is 32.1 Å². The number of methoxy groups -OCH3 is 1. The highest BCUT2D eigenvalue weighted by Crippen LogP contribution is 2.29. The zero-order valence-corrected chi connectivity index (χ0v) is 18.9. The van der Waals surface area contributed by atoms with Crippen LogP contribution in [0.25, 0.3) is 11.1 Å². The molecule has 1 aliphatic heterocycles. The first-order valence-electron chi connectivity index (χ1n) is 10.3. The number of rotatable bonds is 5. The minimum Gasteiger partial charge on any atom is -0.495 e. The molecule has 170 valence electrons. The van der Waals surface area contributed by atoms with Crippen LogP contribution in [-0.2, 0) is 21.9 Å². The molecule has 2 heterocycles. The largest absolute Gasteiger partial charge is 0.495 e. The van der Waals surface area contributed by atoms with Gasteiger partial charge in [0.05, 0.1) is 23.2 Å². The average molecular weight is 460 g/mol. The summed E-state index contributed by atoms with van der Waals surface area (Å²) in [6.45, 7) is 2.38. The van der Waals surface area contributed by atoms with Gasteiger partial charge in [0.15, 0.2) is 5.58 Å². The maximum absolute atomic E-state index is 13.1. The molecule has 0 unspecified atom stereocenters. The summed E-state index contributed by atoms with van der Waals surface area (Å²) < 4.78 is 39.3. The Morgan fingerprint density at radius 3 is 2.56 bits per heavy atom. The minimum atomic E-state index is -3.77. The molecular formula is C22H25N3O6S. The Balaban J connectivity index is 1.45. The summed E-state index contributed by atoms with van der Waals surface area (Å²) in [5, 5.41) is 2.91. The third-order valence-corrected chi connectivity index (χ3v) is 7.73. The maximum atomic E-state index is 13.1. The summed E-state index contributed by atoms with van der Waals surface area (Å²) >= 11 is 0. The van der Waals surface area contributed by atoms with Crippen LogP contribution < -0.4 is 15.8 Å². The molecule has 0 radical (unpaired) electrons. The number of nitrogens with one attached hydrogen (secondary N) is 1. The van der Waals surface area contributed by atoms with Gasteiger partial charge in [0.1, 0.15) is 5.75 Å². The molecule has 1 amide bonds. The first-order valence-corrected chi connectivity index (χ1v) is 11.7. The van der Waals surface area contributed by atoms with Crippen LogP contribution in [0.4, 0.5) is 5.69 Å². The molecule has 1 fully saturated rings. The van der Waals surface area contributed by atoms with Crippen molar-refractivity contribution in [3.63, 3.8) is 0 Å². The monoisotopic (exact) mass is 459 g/mol. The van der Waals surface area contributed by atoms with E-state index in [4.69, 9.17) is 9.15 Å². The number of hydrogen-bond acceptors (Lipinski definition) is 6. The number of nitrogens with zero attached hydrogens (tertiary/aromatic N) is 2. The molecule has 3 aromatic rings. The number of aromatic nitrogens is 1. The van der Waals surface area contributed by atoms with Gasteiger partial charge in [-0.05, 0) is 49.6 Å². The number of amides is 1. The van der Waals surface area contributed by atoms with Gasteiger partial charge in [-0.1, -0.05) is 6.07 Å². The van der Waals surface area contributed by atoms with Crippen molar-refractivity contribution in [3.8, 4) is 5.75 Å². The predicted molar refractivity (Wildman–Crippen MR) is 119 cm³/mol. The first-order chi connectivity index (χ1) is 15.2. The van der Waals surface area contributed by atoms with Crippen molar-refractivity contribution in [2.75, 3.05) is 25.5 Å². The van der Waals surface area contributed by atoms with Gasteiger partial charge in [0.25, 0.3) is 0 Å². The third-order valence-electron chi connectivity index (χ3n) is 5.84. The first kappa shape index (κ1) is 22.1. The van der Waals surface area contributed by atoms with Crippen LogP contribution in [0.2, 0.25) is 0 Å². The number of oxazole rings is 1. The number of fused-ring (bicyclic) bond motifs is 1. The van der Waals surface area contributed by atoms with Gasteiger partial charge >= 0.3 is 5.76 Å². The number of carbonyl (C=O) groups is 1. The second kappa shape index (κ2) is 8.44. The lowest BCUT2D eigenvalue weighted by molar-refractivity contribution is -0.120. The highest BCUT2D eigenvalue weighted by molar-refractivity contribution is 7.89. The zero-order chi connectivity index (χ0) is 23.0. The Hall–Kier alpha value is -3.11. The molecule has 0 spiro atoms. The van der Waals surface area contributed by atoms with Gasteiger partial charge in [0.2, 0.25) is 15.9 Å². The number of piperidine rings is 1. The quantitative estimate of drug-likeness (QED) is 0.628. The van der Waals surface area contributed by atoms with Crippen molar-refractivity contribution in [1.29, 1.82) is 0 Å². The Kier molecular flexibility index (Phi) is 5.83. The number of aryl methyl sites for hydroxylation is 2. The number of sulfonamides is 1. The number of benzene rings is 2. The molecule has 1 N–H and O–H groups in total. The Labute approximate surface area is 185 Å². The summed E-state index contributed by atoms with van der Waals surface area (Å²) in [5.41, 5.74) is 2.34. The van der Waals surface area contributed by atoms with Crippen molar-refractivity contribution < 1.29 is 22.4 Å². The molecule has 4 rings (SSSR count). The van der Waals surface area contributed by atoms with Crippen molar-refractivity contribution in [2.45, 2.75) is 24.7 Å². The van der Waals surface area contributed by atoms with E-state index in [1.54, 1.807) is 26.3 Å². The van der Waals surface area contributed by atoms with Crippen LogP contribution in [0.15, 0.2) is 50.5 Å². The lowest BCUT2D eigenvalue weighted by Crippen LogP contribution is -2.41. The zero-order valence-electron chi connectivity index (χ0n) is 18.1. The van der Waals surface area contributed by atoms with E-state index in [0.29, 0.717) is 29.8 Å². The minimum absolute atomic E-state index is 0.0618.